The van der Waals surface area contributed by atoms with Gasteiger partial charge in [0.1, 0.15) is 5.82 Å². The van der Waals surface area contributed by atoms with Crippen molar-refractivity contribution in [3.05, 3.63) is 83.2 Å². The van der Waals surface area contributed by atoms with E-state index in [4.69, 9.17) is 4.98 Å². The van der Waals surface area contributed by atoms with Gasteiger partial charge in [-0.1, -0.05) is 25.2 Å². The minimum atomic E-state index is -3.89. The average Bonchev–Trinajstić information content (AvgIpc) is 3.29. The van der Waals surface area contributed by atoms with E-state index in [1.165, 1.54) is 29.0 Å². The SMILES string of the molecule is CCN(CC)CCN(C(=O)c1ccc(NS(=O)(=O)c2ccc(F)cc2)cc1)c1nc2cc(C)c(C)cc2s1. The maximum atomic E-state index is 13.7. The molecule has 4 rings (SSSR count). The van der Waals surface area contributed by atoms with Crippen molar-refractivity contribution in [3.63, 3.8) is 0 Å². The van der Waals surface area contributed by atoms with Gasteiger partial charge >= 0.3 is 0 Å². The highest BCUT2D eigenvalue weighted by molar-refractivity contribution is 7.92. The van der Waals surface area contributed by atoms with E-state index in [0.29, 0.717) is 29.5 Å². The fourth-order valence-electron chi connectivity index (χ4n) is 4.01. The molecule has 0 aliphatic heterocycles. The molecule has 1 aromatic heterocycles. The number of aromatic nitrogens is 1. The van der Waals surface area contributed by atoms with Gasteiger partial charge < -0.3 is 4.90 Å². The lowest BCUT2D eigenvalue weighted by Crippen LogP contribution is -2.38. The van der Waals surface area contributed by atoms with Crippen LogP contribution in [0.2, 0.25) is 0 Å². The summed E-state index contributed by atoms with van der Waals surface area (Å²) in [4.78, 5) is 22.4. The number of benzene rings is 3. The molecule has 10 heteroatoms. The summed E-state index contributed by atoms with van der Waals surface area (Å²) in [5.41, 5.74) is 3.90. The van der Waals surface area contributed by atoms with Gasteiger partial charge in [-0.15, -0.1) is 0 Å². The largest absolute Gasteiger partial charge is 0.302 e. The van der Waals surface area contributed by atoms with Gasteiger partial charge in [0, 0.05) is 24.3 Å². The Labute approximate surface area is 227 Å². The number of halogens is 1. The van der Waals surface area contributed by atoms with Crippen LogP contribution in [0.1, 0.15) is 35.3 Å². The van der Waals surface area contributed by atoms with Crippen LogP contribution in [0.5, 0.6) is 0 Å². The molecule has 4 aromatic rings. The van der Waals surface area contributed by atoms with Crippen molar-refractivity contribution >= 4 is 48.3 Å². The first-order valence-corrected chi connectivity index (χ1v) is 14.7. The third kappa shape index (κ3) is 6.20. The normalized spacial score (nSPS) is 11.7. The van der Waals surface area contributed by atoms with Crippen LogP contribution in [0.4, 0.5) is 15.2 Å². The topological polar surface area (TPSA) is 82.6 Å². The van der Waals surface area contributed by atoms with Crippen molar-refractivity contribution in [2.45, 2.75) is 32.6 Å². The number of carbonyl (C=O) groups excluding carboxylic acids is 1. The highest BCUT2D eigenvalue weighted by Crippen LogP contribution is 2.32. The van der Waals surface area contributed by atoms with Crippen LogP contribution in [-0.2, 0) is 10.0 Å². The number of rotatable bonds is 10. The fourth-order valence-corrected chi connectivity index (χ4v) is 6.14. The molecule has 200 valence electrons. The number of nitrogens with one attached hydrogen (secondary N) is 1. The zero-order valence-electron chi connectivity index (χ0n) is 21.9. The van der Waals surface area contributed by atoms with Gasteiger partial charge in [0.15, 0.2) is 5.13 Å². The smallest absolute Gasteiger partial charge is 0.261 e. The lowest BCUT2D eigenvalue weighted by Gasteiger charge is -2.24. The molecule has 1 N–H and O–H groups in total. The van der Waals surface area contributed by atoms with Crippen molar-refractivity contribution in [3.8, 4) is 0 Å². The predicted molar refractivity (Wildman–Crippen MR) is 152 cm³/mol. The predicted octanol–water partition coefficient (Wildman–Crippen LogP) is 5.84. The van der Waals surface area contributed by atoms with E-state index in [9.17, 15) is 17.6 Å². The average molecular weight is 555 g/mol. The molecule has 0 aliphatic rings. The summed E-state index contributed by atoms with van der Waals surface area (Å²) < 4.78 is 42.0. The number of aryl methyl sites for hydroxylation is 2. The van der Waals surface area contributed by atoms with Gasteiger partial charge in [0.05, 0.1) is 15.1 Å². The summed E-state index contributed by atoms with van der Waals surface area (Å²) in [7, 11) is -3.89. The molecule has 0 atom stereocenters. The molecular weight excluding hydrogens is 523 g/mol. The number of hydrogen-bond donors (Lipinski definition) is 1. The Morgan fingerprint density at radius 1 is 0.947 bits per heavy atom. The van der Waals surface area contributed by atoms with Crippen molar-refractivity contribution < 1.29 is 17.6 Å². The minimum Gasteiger partial charge on any atom is -0.302 e. The number of anilines is 2. The van der Waals surface area contributed by atoms with Gasteiger partial charge in [0.2, 0.25) is 0 Å². The Morgan fingerprint density at radius 3 is 2.21 bits per heavy atom. The van der Waals surface area contributed by atoms with Gasteiger partial charge in [-0.25, -0.2) is 17.8 Å². The molecule has 7 nitrogen and oxygen atoms in total. The number of carbonyl (C=O) groups is 1. The van der Waals surface area contributed by atoms with E-state index in [0.717, 1.165) is 41.0 Å². The van der Waals surface area contributed by atoms with Crippen molar-refractivity contribution in [1.29, 1.82) is 0 Å². The van der Waals surface area contributed by atoms with Crippen molar-refractivity contribution in [1.82, 2.24) is 9.88 Å². The van der Waals surface area contributed by atoms with Crippen LogP contribution < -0.4 is 9.62 Å². The standard InChI is InChI=1S/C28H31FN4O3S2/c1-5-32(6-2)15-16-33(28-30-25-17-19(3)20(4)18-26(25)37-28)27(34)21-7-11-23(12-8-21)31-38(35,36)24-13-9-22(29)10-14-24/h7-14,17-18,31H,5-6,15-16H2,1-4H3. The zero-order valence-corrected chi connectivity index (χ0v) is 23.5. The molecule has 0 aliphatic carbocycles. The Balaban J connectivity index is 1.60. The van der Waals surface area contributed by atoms with Crippen LogP contribution >= 0.6 is 11.3 Å². The van der Waals surface area contributed by atoms with Gasteiger partial charge in [-0.2, -0.15) is 0 Å². The van der Waals surface area contributed by atoms with E-state index in [1.807, 2.05) is 13.0 Å². The Kier molecular flexibility index (Phi) is 8.44. The van der Waals surface area contributed by atoms with Gasteiger partial charge in [-0.3, -0.25) is 14.4 Å². The van der Waals surface area contributed by atoms with Crippen molar-refractivity contribution in [2.75, 3.05) is 35.8 Å². The Bertz CT molecular complexity index is 1490. The third-order valence-corrected chi connectivity index (χ3v) is 8.95. The summed E-state index contributed by atoms with van der Waals surface area (Å²) in [6, 6.07) is 15.0. The minimum absolute atomic E-state index is 0.0528. The molecule has 0 fully saturated rings. The first kappa shape index (κ1) is 27.7. The van der Waals surface area contributed by atoms with E-state index in [1.54, 1.807) is 29.2 Å². The first-order chi connectivity index (χ1) is 18.1. The van der Waals surface area contributed by atoms with Gasteiger partial charge in [0.25, 0.3) is 15.9 Å². The fraction of sp³-hybridized carbons (Fsp3) is 0.286. The number of fused-ring (bicyclic) bond motifs is 1. The Hall–Kier alpha value is -3.34. The number of hydrogen-bond acceptors (Lipinski definition) is 6. The van der Waals surface area contributed by atoms with E-state index >= 15 is 0 Å². The monoisotopic (exact) mass is 554 g/mol. The summed E-state index contributed by atoms with van der Waals surface area (Å²) in [6.45, 7) is 11.2. The first-order valence-electron chi connectivity index (χ1n) is 12.4. The summed E-state index contributed by atoms with van der Waals surface area (Å²) in [6.07, 6.45) is 0. The molecule has 0 saturated heterocycles. The van der Waals surface area contributed by atoms with Crippen LogP contribution in [0.15, 0.2) is 65.6 Å². The molecule has 0 unspecified atom stereocenters. The number of thiazole rings is 1. The van der Waals surface area contributed by atoms with E-state index in [2.05, 4.69) is 36.5 Å². The van der Waals surface area contributed by atoms with Gasteiger partial charge in [-0.05, 0) is 98.7 Å². The summed E-state index contributed by atoms with van der Waals surface area (Å²) in [5.74, 6) is -0.728. The number of sulfonamides is 1. The summed E-state index contributed by atoms with van der Waals surface area (Å²) >= 11 is 1.48. The third-order valence-electron chi connectivity index (χ3n) is 6.51. The van der Waals surface area contributed by atoms with Crippen LogP contribution in [-0.4, -0.2) is 50.4 Å². The lowest BCUT2D eigenvalue weighted by atomic mass is 10.1. The second kappa shape index (κ2) is 11.6. The highest BCUT2D eigenvalue weighted by atomic mass is 32.2. The van der Waals surface area contributed by atoms with Crippen LogP contribution in [0, 0.1) is 19.7 Å². The molecule has 3 aromatic carbocycles. The lowest BCUT2D eigenvalue weighted by molar-refractivity contribution is 0.0984. The number of amides is 1. The molecule has 0 bridgehead atoms. The second-order valence-corrected chi connectivity index (χ2v) is 11.7. The highest BCUT2D eigenvalue weighted by Gasteiger charge is 2.23. The maximum absolute atomic E-state index is 13.7. The number of likely N-dealkylation sites (N-methyl/N-ethyl adjacent to an activating group) is 1. The molecule has 0 radical (unpaired) electrons. The second-order valence-electron chi connectivity index (χ2n) is 9.02. The Morgan fingerprint density at radius 2 is 1.58 bits per heavy atom. The zero-order chi connectivity index (χ0) is 27.4. The molecule has 38 heavy (non-hydrogen) atoms. The molecule has 0 saturated carbocycles. The number of nitrogens with zero attached hydrogens (tertiary/aromatic N) is 3. The van der Waals surface area contributed by atoms with E-state index in [-0.39, 0.29) is 10.8 Å². The summed E-state index contributed by atoms with van der Waals surface area (Å²) in [5, 5.41) is 0.628. The molecule has 1 amide bonds. The molecular formula is C28H31FN4O3S2. The quantitative estimate of drug-likeness (QED) is 0.266. The van der Waals surface area contributed by atoms with Crippen molar-refractivity contribution in [2.24, 2.45) is 0 Å². The molecule has 1 heterocycles. The molecule has 0 spiro atoms. The van der Waals surface area contributed by atoms with Crippen LogP contribution in [0.3, 0.4) is 0 Å². The maximum Gasteiger partial charge on any atom is 0.261 e. The van der Waals surface area contributed by atoms with Crippen LogP contribution in [0.25, 0.3) is 10.2 Å². The van der Waals surface area contributed by atoms with E-state index < -0.39 is 15.8 Å².